The van der Waals surface area contributed by atoms with Gasteiger partial charge in [-0.3, -0.25) is 4.79 Å². The molecule has 0 fully saturated rings. The predicted octanol–water partition coefficient (Wildman–Crippen LogP) is 3.47. The normalized spacial score (nSPS) is 22.1. The Morgan fingerprint density at radius 2 is 1.84 bits per heavy atom. The first-order valence-electron chi connectivity index (χ1n) is 6.22. The third-order valence-corrected chi connectivity index (χ3v) is 4.19. The molecule has 1 aliphatic rings. The van der Waals surface area contributed by atoms with Crippen LogP contribution >= 0.6 is 15.9 Å². The quantitative estimate of drug-likeness (QED) is 0.874. The molecule has 0 heterocycles. The van der Waals surface area contributed by atoms with Crippen molar-refractivity contribution in [2.24, 2.45) is 0 Å². The zero-order valence-electron chi connectivity index (χ0n) is 10.3. The summed E-state index contributed by atoms with van der Waals surface area (Å²) < 4.78 is 0.962. The largest absolute Gasteiger partial charge is 0.377 e. The van der Waals surface area contributed by atoms with Crippen LogP contribution in [0.3, 0.4) is 0 Å². The first-order chi connectivity index (χ1) is 9.11. The minimum absolute atomic E-state index is 0.201. The molecule has 1 unspecified atom stereocenters. The molecule has 1 N–H and O–H groups in total. The van der Waals surface area contributed by atoms with Crippen LogP contribution in [0, 0.1) is 0 Å². The van der Waals surface area contributed by atoms with Gasteiger partial charge in [0.2, 0.25) is 0 Å². The second kappa shape index (κ2) is 4.58. The summed E-state index contributed by atoms with van der Waals surface area (Å²) in [5.74, 6) is -0.201. The number of benzene rings is 2. The third kappa shape index (κ3) is 2.03. The van der Waals surface area contributed by atoms with Crippen molar-refractivity contribution in [3.05, 3.63) is 69.7 Å². The lowest BCUT2D eigenvalue weighted by atomic mass is 9.75. The Balaban J connectivity index is 2.09. The molecule has 0 saturated heterocycles. The van der Waals surface area contributed by atoms with Crippen LogP contribution in [0.2, 0.25) is 0 Å². The number of Topliss-reactive ketones (excluding diaryl/α,β-unsaturated/α-hetero) is 1. The van der Waals surface area contributed by atoms with Gasteiger partial charge in [-0.05, 0) is 42.2 Å². The molecule has 0 saturated carbocycles. The van der Waals surface area contributed by atoms with Crippen LogP contribution in [0.5, 0.6) is 0 Å². The van der Waals surface area contributed by atoms with Gasteiger partial charge in [-0.1, -0.05) is 46.3 Å². The van der Waals surface area contributed by atoms with E-state index in [0.29, 0.717) is 24.0 Å². The Morgan fingerprint density at radius 3 is 2.58 bits per heavy atom. The Hall–Kier alpha value is -1.45. The second-order valence-electron chi connectivity index (χ2n) is 4.86. The maximum Gasteiger partial charge on any atom is 0.199 e. The van der Waals surface area contributed by atoms with Gasteiger partial charge in [0.1, 0.15) is 0 Å². The van der Waals surface area contributed by atoms with Crippen molar-refractivity contribution in [2.75, 3.05) is 0 Å². The van der Waals surface area contributed by atoms with Crippen molar-refractivity contribution in [3.8, 4) is 0 Å². The molecule has 1 aliphatic carbocycles. The molecule has 2 aromatic carbocycles. The number of ketones is 1. The number of hydrogen-bond acceptors (Lipinski definition) is 2. The van der Waals surface area contributed by atoms with Crippen LogP contribution in [0.25, 0.3) is 0 Å². The van der Waals surface area contributed by atoms with E-state index in [0.717, 1.165) is 10.0 Å². The Morgan fingerprint density at radius 1 is 1.11 bits per heavy atom. The summed E-state index contributed by atoms with van der Waals surface area (Å²) >= 11 is 3.41. The number of aryl methyl sites for hydroxylation is 1. The molecule has 0 bridgehead atoms. The maximum atomic E-state index is 12.6. The van der Waals surface area contributed by atoms with Crippen molar-refractivity contribution in [1.82, 2.24) is 0 Å². The molecule has 0 aromatic heterocycles. The molecule has 0 aliphatic heterocycles. The predicted molar refractivity (Wildman–Crippen MR) is 77.1 cm³/mol. The van der Waals surface area contributed by atoms with Crippen LogP contribution in [0.1, 0.15) is 27.9 Å². The van der Waals surface area contributed by atoms with E-state index < -0.39 is 5.60 Å². The number of hydrogen-bond donors (Lipinski definition) is 1. The van der Waals surface area contributed by atoms with Gasteiger partial charge in [0.25, 0.3) is 0 Å². The van der Waals surface area contributed by atoms with E-state index in [-0.39, 0.29) is 5.78 Å². The summed E-state index contributed by atoms with van der Waals surface area (Å²) in [6, 6.07) is 14.8. The molecule has 0 spiro atoms. The SMILES string of the molecule is O=C1c2ccc(Br)cc2CCC1(O)c1ccccc1. The van der Waals surface area contributed by atoms with Crippen LogP contribution in [-0.2, 0) is 12.0 Å². The number of rotatable bonds is 1. The number of carbonyl (C=O) groups excluding carboxylic acids is 1. The van der Waals surface area contributed by atoms with E-state index in [1.54, 1.807) is 6.07 Å². The first-order valence-corrected chi connectivity index (χ1v) is 7.02. The highest BCUT2D eigenvalue weighted by Crippen LogP contribution is 2.37. The van der Waals surface area contributed by atoms with Gasteiger partial charge >= 0.3 is 0 Å². The molecule has 3 heteroatoms. The first kappa shape index (κ1) is 12.6. The third-order valence-electron chi connectivity index (χ3n) is 3.70. The van der Waals surface area contributed by atoms with E-state index in [1.807, 2.05) is 42.5 Å². The monoisotopic (exact) mass is 316 g/mol. The minimum atomic E-state index is -1.39. The van der Waals surface area contributed by atoms with E-state index >= 15 is 0 Å². The van der Waals surface area contributed by atoms with Crippen molar-refractivity contribution < 1.29 is 9.90 Å². The van der Waals surface area contributed by atoms with E-state index in [4.69, 9.17) is 0 Å². The standard InChI is InChI=1S/C16H13BrO2/c17-13-6-7-14-11(10-13)8-9-16(19,15(14)18)12-4-2-1-3-5-12/h1-7,10,19H,8-9H2. The number of fused-ring (bicyclic) bond motifs is 1. The van der Waals surface area contributed by atoms with Crippen LogP contribution in [-0.4, -0.2) is 10.9 Å². The van der Waals surface area contributed by atoms with E-state index in [1.165, 1.54) is 0 Å². The molecule has 1 atom stereocenters. The molecule has 2 nitrogen and oxygen atoms in total. The van der Waals surface area contributed by atoms with Gasteiger partial charge in [-0.2, -0.15) is 0 Å². The molecule has 0 amide bonds. The highest BCUT2D eigenvalue weighted by Gasteiger charge is 2.41. The fourth-order valence-electron chi connectivity index (χ4n) is 2.63. The topological polar surface area (TPSA) is 37.3 Å². The van der Waals surface area contributed by atoms with Crippen molar-refractivity contribution in [2.45, 2.75) is 18.4 Å². The number of aliphatic hydroxyl groups is 1. The van der Waals surface area contributed by atoms with Gasteiger partial charge < -0.3 is 5.11 Å². The van der Waals surface area contributed by atoms with Crippen molar-refractivity contribution in [1.29, 1.82) is 0 Å². The Labute approximate surface area is 120 Å². The van der Waals surface area contributed by atoms with Gasteiger partial charge in [0.05, 0.1) is 0 Å². The van der Waals surface area contributed by atoms with Gasteiger partial charge in [0.15, 0.2) is 11.4 Å². The van der Waals surface area contributed by atoms with Gasteiger partial charge in [-0.15, -0.1) is 0 Å². The molecule has 3 rings (SSSR count). The Kier molecular flexibility index (Phi) is 3.03. The lowest BCUT2D eigenvalue weighted by molar-refractivity contribution is 0.0222. The van der Waals surface area contributed by atoms with Crippen LogP contribution in [0.4, 0.5) is 0 Å². The molecule has 96 valence electrons. The minimum Gasteiger partial charge on any atom is -0.377 e. The summed E-state index contributed by atoms with van der Waals surface area (Å²) in [7, 11) is 0. The van der Waals surface area contributed by atoms with E-state index in [9.17, 15) is 9.90 Å². The average molecular weight is 317 g/mol. The summed E-state index contributed by atoms with van der Waals surface area (Å²) in [6.45, 7) is 0. The fourth-order valence-corrected chi connectivity index (χ4v) is 3.04. The number of halogens is 1. The summed E-state index contributed by atoms with van der Waals surface area (Å²) in [5.41, 5.74) is 0.914. The van der Waals surface area contributed by atoms with Gasteiger partial charge in [0, 0.05) is 10.0 Å². The summed E-state index contributed by atoms with van der Waals surface area (Å²) in [4.78, 5) is 12.6. The lowest BCUT2D eigenvalue weighted by Gasteiger charge is -2.32. The fraction of sp³-hybridized carbons (Fsp3) is 0.188. The molecule has 19 heavy (non-hydrogen) atoms. The summed E-state index contributed by atoms with van der Waals surface area (Å²) in [5, 5.41) is 10.8. The molecule has 2 aromatic rings. The smallest absolute Gasteiger partial charge is 0.199 e. The molecule has 0 radical (unpaired) electrons. The number of carbonyl (C=O) groups is 1. The Bertz CT molecular complexity index is 636. The van der Waals surface area contributed by atoms with Crippen LogP contribution < -0.4 is 0 Å². The van der Waals surface area contributed by atoms with Gasteiger partial charge in [-0.25, -0.2) is 0 Å². The molecular formula is C16H13BrO2. The highest BCUT2D eigenvalue weighted by atomic mass is 79.9. The zero-order valence-corrected chi connectivity index (χ0v) is 11.9. The van der Waals surface area contributed by atoms with Crippen molar-refractivity contribution >= 4 is 21.7 Å². The maximum absolute atomic E-state index is 12.6. The van der Waals surface area contributed by atoms with E-state index in [2.05, 4.69) is 15.9 Å². The average Bonchev–Trinajstić information content (AvgIpc) is 2.44. The molecular weight excluding hydrogens is 304 g/mol. The van der Waals surface area contributed by atoms with Crippen LogP contribution in [0.15, 0.2) is 53.0 Å². The summed E-state index contributed by atoms with van der Waals surface area (Å²) in [6.07, 6.45) is 1.13. The zero-order chi connectivity index (χ0) is 13.5. The lowest BCUT2D eigenvalue weighted by Crippen LogP contribution is -2.40. The second-order valence-corrected chi connectivity index (χ2v) is 5.77. The van der Waals surface area contributed by atoms with Crippen molar-refractivity contribution in [3.63, 3.8) is 0 Å². The highest BCUT2D eigenvalue weighted by molar-refractivity contribution is 9.10.